The Balaban J connectivity index is 1.89. The third-order valence-electron chi connectivity index (χ3n) is 3.91. The lowest BCUT2D eigenvalue weighted by Crippen LogP contribution is -2.50. The van der Waals surface area contributed by atoms with E-state index in [1.807, 2.05) is 0 Å². The zero-order valence-electron chi connectivity index (χ0n) is 12.0. The summed E-state index contributed by atoms with van der Waals surface area (Å²) in [5.74, 6) is 0.314. The third-order valence-corrected chi connectivity index (χ3v) is 4.35. The van der Waals surface area contributed by atoms with Crippen molar-refractivity contribution >= 4 is 40.6 Å². The molecule has 0 spiro atoms. The number of carbonyl (C=O) groups excluding carboxylic acids is 1. The molecule has 0 fully saturated rings. The van der Waals surface area contributed by atoms with Crippen LogP contribution in [0.25, 0.3) is 0 Å². The summed E-state index contributed by atoms with van der Waals surface area (Å²) >= 11 is 12.1. The van der Waals surface area contributed by atoms with Crippen LogP contribution in [0.5, 0.6) is 0 Å². The smallest absolute Gasteiger partial charge is 0.288 e. The highest BCUT2D eigenvalue weighted by Gasteiger charge is 2.38. The van der Waals surface area contributed by atoms with Gasteiger partial charge >= 0.3 is 5.69 Å². The van der Waals surface area contributed by atoms with Crippen molar-refractivity contribution in [1.82, 2.24) is 15.0 Å². The second kappa shape index (κ2) is 4.95. The van der Waals surface area contributed by atoms with Gasteiger partial charge in [-0.3, -0.25) is 19.3 Å². The van der Waals surface area contributed by atoms with Crippen LogP contribution in [0, 0.1) is 6.92 Å². The molecule has 2 aliphatic rings. The van der Waals surface area contributed by atoms with Crippen molar-refractivity contribution in [2.45, 2.75) is 13.6 Å². The molecule has 0 bridgehead atoms. The van der Waals surface area contributed by atoms with Crippen molar-refractivity contribution in [2.75, 3.05) is 16.6 Å². The predicted molar refractivity (Wildman–Crippen MR) is 87.0 cm³/mol. The molecule has 0 unspecified atom stereocenters. The van der Waals surface area contributed by atoms with Gasteiger partial charge < -0.3 is 0 Å². The lowest BCUT2D eigenvalue weighted by atomic mass is 10.1. The van der Waals surface area contributed by atoms with Gasteiger partial charge in [-0.2, -0.15) is 4.98 Å². The van der Waals surface area contributed by atoms with Gasteiger partial charge in [0.05, 0.1) is 12.4 Å². The molecule has 0 atom stereocenters. The monoisotopic (exact) mass is 351 g/mol. The summed E-state index contributed by atoms with van der Waals surface area (Å²) in [5.41, 5.74) is 4.09. The van der Waals surface area contributed by atoms with Crippen molar-refractivity contribution in [3.05, 3.63) is 50.0 Å². The van der Waals surface area contributed by atoms with E-state index in [9.17, 15) is 9.59 Å². The highest BCUT2D eigenvalue weighted by Crippen LogP contribution is 2.34. The van der Waals surface area contributed by atoms with Gasteiger partial charge in [-0.05, 0) is 25.1 Å². The van der Waals surface area contributed by atoms with Gasteiger partial charge in [-0.25, -0.2) is 10.2 Å². The molecular weight excluding hydrogens is 341 g/mol. The van der Waals surface area contributed by atoms with Gasteiger partial charge in [-0.15, -0.1) is 0 Å². The molecule has 1 aromatic heterocycles. The van der Waals surface area contributed by atoms with Crippen molar-refractivity contribution in [3.8, 4) is 0 Å². The quantitative estimate of drug-likeness (QED) is 0.847. The molecule has 0 aliphatic carbocycles. The number of rotatable bonds is 1. The lowest BCUT2D eigenvalue weighted by Gasteiger charge is -2.34. The number of aryl methyl sites for hydroxylation is 1. The maximum absolute atomic E-state index is 12.9. The Labute approximate surface area is 141 Å². The van der Waals surface area contributed by atoms with Crippen LogP contribution in [0.15, 0.2) is 23.0 Å². The molecule has 2 aliphatic heterocycles. The molecule has 9 heteroatoms. The second-order valence-electron chi connectivity index (χ2n) is 5.35. The largest absolute Gasteiger partial charge is 0.350 e. The molecule has 23 heavy (non-hydrogen) atoms. The zero-order chi connectivity index (χ0) is 16.3. The second-order valence-corrected chi connectivity index (χ2v) is 6.23. The number of hydrazine groups is 1. The Morgan fingerprint density at radius 1 is 1.17 bits per heavy atom. The van der Waals surface area contributed by atoms with E-state index in [0.717, 1.165) is 0 Å². The Morgan fingerprint density at radius 2 is 1.87 bits per heavy atom. The molecule has 4 rings (SSSR count). The minimum atomic E-state index is -0.372. The molecule has 0 radical (unpaired) electrons. The van der Waals surface area contributed by atoms with Crippen LogP contribution in [-0.4, -0.2) is 22.1 Å². The van der Waals surface area contributed by atoms with Gasteiger partial charge in [0.1, 0.15) is 18.1 Å². The van der Waals surface area contributed by atoms with Crippen LogP contribution in [0.1, 0.15) is 16.1 Å². The Hall–Kier alpha value is -2.09. The third kappa shape index (κ3) is 2.12. The molecule has 118 valence electrons. The first-order valence-electron chi connectivity index (χ1n) is 6.86. The highest BCUT2D eigenvalue weighted by atomic mass is 35.5. The van der Waals surface area contributed by atoms with Crippen molar-refractivity contribution < 1.29 is 4.79 Å². The average molecular weight is 352 g/mol. The van der Waals surface area contributed by atoms with E-state index < -0.39 is 0 Å². The Morgan fingerprint density at radius 3 is 2.57 bits per heavy atom. The zero-order valence-corrected chi connectivity index (χ0v) is 13.5. The fourth-order valence-electron chi connectivity index (χ4n) is 2.90. The van der Waals surface area contributed by atoms with Crippen LogP contribution in [0.3, 0.4) is 0 Å². The van der Waals surface area contributed by atoms with E-state index >= 15 is 0 Å². The summed E-state index contributed by atoms with van der Waals surface area (Å²) in [7, 11) is 0. The number of amides is 1. The number of benzene rings is 1. The number of hydrogen-bond acceptors (Lipinski definition) is 5. The summed E-state index contributed by atoms with van der Waals surface area (Å²) in [5, 5.41) is 2.64. The fraction of sp³-hybridized carbons (Fsp3) is 0.214. The summed E-state index contributed by atoms with van der Waals surface area (Å²) in [6.45, 7) is 2.18. The summed E-state index contributed by atoms with van der Waals surface area (Å²) in [6.07, 6.45) is 0. The SMILES string of the molecule is Cc1nc(=O)n2c3c1C(=O)N(c1cc(Cl)cc(Cl)c1)CN3NC2. The van der Waals surface area contributed by atoms with E-state index in [2.05, 4.69) is 10.4 Å². The number of nitrogens with zero attached hydrogens (tertiary/aromatic N) is 4. The van der Waals surface area contributed by atoms with Crippen molar-refractivity contribution in [2.24, 2.45) is 0 Å². The first-order chi connectivity index (χ1) is 11.0. The van der Waals surface area contributed by atoms with E-state index in [4.69, 9.17) is 23.2 Å². The van der Waals surface area contributed by atoms with Gasteiger partial charge in [0.15, 0.2) is 0 Å². The average Bonchev–Trinajstić information content (AvgIpc) is 2.88. The maximum atomic E-state index is 12.9. The van der Waals surface area contributed by atoms with E-state index in [0.29, 0.717) is 32.8 Å². The molecule has 1 N–H and O–H groups in total. The summed E-state index contributed by atoms with van der Waals surface area (Å²) in [6, 6.07) is 4.95. The van der Waals surface area contributed by atoms with E-state index in [1.54, 1.807) is 35.0 Å². The standard InChI is InChI=1S/C14H11Cl2N5O2/c1-7-11-12-19(14(23)18-7)5-17-21(12)6-20(13(11)22)10-3-8(15)2-9(16)4-10/h2-4,17H,5-6H2,1H3. The number of aromatic nitrogens is 2. The molecule has 3 heterocycles. The number of anilines is 2. The van der Waals surface area contributed by atoms with Crippen LogP contribution < -0.4 is 21.0 Å². The lowest BCUT2D eigenvalue weighted by molar-refractivity contribution is 0.0980. The number of hydrogen-bond donors (Lipinski definition) is 1. The minimum absolute atomic E-state index is 0.239. The summed E-state index contributed by atoms with van der Waals surface area (Å²) in [4.78, 5) is 30.4. The Bertz CT molecular complexity index is 891. The molecular formula is C14H11Cl2N5O2. The Kier molecular flexibility index (Phi) is 3.12. The van der Waals surface area contributed by atoms with Gasteiger partial charge in [0.25, 0.3) is 5.91 Å². The molecule has 7 nitrogen and oxygen atoms in total. The normalized spacial score (nSPS) is 16.0. The highest BCUT2D eigenvalue weighted by molar-refractivity contribution is 6.35. The molecule has 1 amide bonds. The minimum Gasteiger partial charge on any atom is -0.288 e. The molecule has 0 saturated carbocycles. The predicted octanol–water partition coefficient (Wildman–Crippen LogP) is 1.76. The van der Waals surface area contributed by atoms with E-state index in [1.165, 1.54) is 4.57 Å². The van der Waals surface area contributed by atoms with Crippen LogP contribution >= 0.6 is 23.2 Å². The van der Waals surface area contributed by atoms with Crippen LogP contribution in [0.2, 0.25) is 10.0 Å². The maximum Gasteiger partial charge on any atom is 0.350 e. The van der Waals surface area contributed by atoms with Gasteiger partial charge in [0.2, 0.25) is 0 Å². The number of nitrogens with one attached hydrogen (secondary N) is 1. The topological polar surface area (TPSA) is 70.5 Å². The van der Waals surface area contributed by atoms with Crippen molar-refractivity contribution in [3.63, 3.8) is 0 Å². The first kappa shape index (κ1) is 14.5. The van der Waals surface area contributed by atoms with Crippen LogP contribution in [-0.2, 0) is 6.67 Å². The van der Waals surface area contributed by atoms with Gasteiger partial charge in [0, 0.05) is 15.7 Å². The number of carbonyl (C=O) groups is 1. The summed E-state index contributed by atoms with van der Waals surface area (Å²) < 4.78 is 1.45. The number of halogens is 2. The molecule has 0 saturated heterocycles. The van der Waals surface area contributed by atoms with Crippen molar-refractivity contribution in [1.29, 1.82) is 0 Å². The molecule has 1 aromatic carbocycles. The fourth-order valence-corrected chi connectivity index (χ4v) is 3.42. The van der Waals surface area contributed by atoms with E-state index in [-0.39, 0.29) is 24.9 Å². The van der Waals surface area contributed by atoms with Gasteiger partial charge in [-0.1, -0.05) is 23.2 Å². The first-order valence-corrected chi connectivity index (χ1v) is 7.62. The molecule has 2 aromatic rings. The van der Waals surface area contributed by atoms with Crippen LogP contribution in [0.4, 0.5) is 11.5 Å².